The minimum atomic E-state index is -0.0693. The van der Waals surface area contributed by atoms with E-state index < -0.39 is 0 Å². The summed E-state index contributed by atoms with van der Waals surface area (Å²) >= 11 is 2.20. The molecule has 0 bridgehead atoms. The maximum absolute atomic E-state index is 11.6. The van der Waals surface area contributed by atoms with Gasteiger partial charge in [0.25, 0.3) is 0 Å². The zero-order chi connectivity index (χ0) is 10.8. The summed E-state index contributed by atoms with van der Waals surface area (Å²) in [5.41, 5.74) is 2.37. The summed E-state index contributed by atoms with van der Waals surface area (Å²) < 4.78 is 6.02. The van der Waals surface area contributed by atoms with Crippen LogP contribution in [0.3, 0.4) is 0 Å². The number of H-pyrrole nitrogens is 1. The lowest BCUT2D eigenvalue weighted by Gasteiger charge is -2.19. The number of nitrogens with zero attached hydrogens (tertiary/aromatic N) is 1. The fourth-order valence-electron chi connectivity index (χ4n) is 1.92. The van der Waals surface area contributed by atoms with Gasteiger partial charge in [0.15, 0.2) is 0 Å². The Labute approximate surface area is 102 Å². The van der Waals surface area contributed by atoms with Crippen LogP contribution >= 0.6 is 22.6 Å². The van der Waals surface area contributed by atoms with Crippen molar-refractivity contribution in [2.45, 2.75) is 26.2 Å². The van der Waals surface area contributed by atoms with Gasteiger partial charge in [-0.2, -0.15) is 5.10 Å². The number of aromatic amines is 1. The normalized spacial score (nSPS) is 19.7. The molecule has 4 nitrogen and oxygen atoms in total. The Bertz CT molecular complexity index is 375. The summed E-state index contributed by atoms with van der Waals surface area (Å²) in [6.45, 7) is 2.30. The van der Waals surface area contributed by atoms with Gasteiger partial charge in [0.05, 0.1) is 12.5 Å². The van der Waals surface area contributed by atoms with E-state index in [1.54, 1.807) is 0 Å². The molecular weight excluding hydrogens is 307 g/mol. The number of esters is 1. The summed E-state index contributed by atoms with van der Waals surface area (Å²) in [7, 11) is 0. The third-order valence-corrected chi connectivity index (χ3v) is 3.61. The fraction of sp³-hybridized carbons (Fsp3) is 0.600. The Morgan fingerprint density at radius 1 is 1.73 bits per heavy atom. The Hall–Kier alpha value is -0.590. The molecule has 0 spiro atoms. The molecule has 5 heteroatoms. The van der Waals surface area contributed by atoms with E-state index in [-0.39, 0.29) is 11.9 Å². The van der Waals surface area contributed by atoms with Crippen molar-refractivity contribution in [3.8, 4) is 0 Å². The van der Waals surface area contributed by atoms with Gasteiger partial charge in [-0.3, -0.25) is 9.89 Å². The van der Waals surface area contributed by atoms with Gasteiger partial charge in [0.2, 0.25) is 0 Å². The lowest BCUT2D eigenvalue weighted by Crippen LogP contribution is -2.24. The van der Waals surface area contributed by atoms with E-state index in [0.29, 0.717) is 6.61 Å². The van der Waals surface area contributed by atoms with Crippen molar-refractivity contribution in [1.82, 2.24) is 10.2 Å². The molecule has 0 saturated heterocycles. The number of aromatic nitrogens is 2. The first-order valence-corrected chi connectivity index (χ1v) is 6.18. The maximum Gasteiger partial charge on any atom is 0.309 e. The van der Waals surface area contributed by atoms with E-state index in [1.165, 1.54) is 11.3 Å². The van der Waals surface area contributed by atoms with Gasteiger partial charge in [0, 0.05) is 11.3 Å². The highest BCUT2D eigenvalue weighted by atomic mass is 127. The number of carbonyl (C=O) groups excluding carboxylic acids is 1. The molecule has 2 rings (SSSR count). The minimum Gasteiger partial charge on any atom is -0.466 e. The number of nitrogens with one attached hydrogen (secondary N) is 1. The summed E-state index contributed by atoms with van der Waals surface area (Å²) in [5.74, 6) is -0.0521. The Morgan fingerprint density at radius 3 is 3.27 bits per heavy atom. The van der Waals surface area contributed by atoms with Crippen LogP contribution in [0, 0.1) is 9.62 Å². The molecule has 0 radical (unpaired) electrons. The number of ether oxygens (including phenoxy) is 1. The number of fused-ring (bicyclic) bond motifs is 1. The van der Waals surface area contributed by atoms with E-state index in [9.17, 15) is 4.79 Å². The molecule has 0 amide bonds. The van der Waals surface area contributed by atoms with Gasteiger partial charge in [-0.05, 0) is 48.8 Å². The van der Waals surface area contributed by atoms with Gasteiger partial charge < -0.3 is 4.74 Å². The largest absolute Gasteiger partial charge is 0.466 e. The van der Waals surface area contributed by atoms with Crippen molar-refractivity contribution in [2.75, 3.05) is 6.61 Å². The van der Waals surface area contributed by atoms with Crippen molar-refractivity contribution < 1.29 is 9.53 Å². The second kappa shape index (κ2) is 4.51. The van der Waals surface area contributed by atoms with Crippen molar-refractivity contribution >= 4 is 28.6 Å². The SMILES string of the molecule is CCOC(=O)C1CCc2[nH]nc(I)c2C1. The first-order chi connectivity index (χ1) is 7.22. The first kappa shape index (κ1) is 10.9. The van der Waals surface area contributed by atoms with Crippen LogP contribution in [0.1, 0.15) is 24.6 Å². The van der Waals surface area contributed by atoms with Crippen LogP contribution in [0.4, 0.5) is 0 Å². The molecule has 82 valence electrons. The quantitative estimate of drug-likeness (QED) is 0.666. The number of hydrogen-bond donors (Lipinski definition) is 1. The molecule has 1 aromatic rings. The molecule has 0 fully saturated rings. The average Bonchev–Trinajstić information content (AvgIpc) is 2.60. The monoisotopic (exact) mass is 320 g/mol. The summed E-state index contributed by atoms with van der Waals surface area (Å²) in [4.78, 5) is 11.6. The predicted molar refractivity (Wildman–Crippen MR) is 63.5 cm³/mol. The second-order valence-corrected chi connectivity index (χ2v) is 4.69. The molecule has 1 atom stereocenters. The minimum absolute atomic E-state index is 0.0172. The number of rotatable bonds is 2. The third kappa shape index (κ3) is 2.16. The van der Waals surface area contributed by atoms with Crippen LogP contribution in [-0.4, -0.2) is 22.8 Å². The van der Waals surface area contributed by atoms with E-state index in [1.807, 2.05) is 6.92 Å². The van der Waals surface area contributed by atoms with E-state index in [2.05, 4.69) is 32.8 Å². The number of halogens is 1. The fourth-order valence-corrected chi connectivity index (χ4v) is 2.58. The molecule has 1 aliphatic rings. The van der Waals surface area contributed by atoms with Crippen LogP contribution < -0.4 is 0 Å². The van der Waals surface area contributed by atoms with Crippen LogP contribution in [0.15, 0.2) is 0 Å². The maximum atomic E-state index is 11.6. The highest BCUT2D eigenvalue weighted by molar-refractivity contribution is 14.1. The second-order valence-electron chi connectivity index (χ2n) is 3.66. The third-order valence-electron chi connectivity index (χ3n) is 2.72. The Kier molecular flexibility index (Phi) is 3.28. The van der Waals surface area contributed by atoms with Crippen LogP contribution in [-0.2, 0) is 22.4 Å². The average molecular weight is 320 g/mol. The van der Waals surface area contributed by atoms with Crippen LogP contribution in [0.2, 0.25) is 0 Å². The molecule has 0 aliphatic heterocycles. The van der Waals surface area contributed by atoms with E-state index >= 15 is 0 Å². The van der Waals surface area contributed by atoms with Crippen molar-refractivity contribution in [2.24, 2.45) is 5.92 Å². The summed E-state index contributed by atoms with van der Waals surface area (Å²) in [5, 5.41) is 7.16. The zero-order valence-corrected chi connectivity index (χ0v) is 10.7. The molecule has 15 heavy (non-hydrogen) atoms. The Balaban J connectivity index is 2.11. The van der Waals surface area contributed by atoms with E-state index in [4.69, 9.17) is 4.74 Å². The van der Waals surface area contributed by atoms with Gasteiger partial charge in [-0.15, -0.1) is 0 Å². The molecule has 0 aromatic carbocycles. The van der Waals surface area contributed by atoms with Crippen LogP contribution in [0.25, 0.3) is 0 Å². The highest BCUT2D eigenvalue weighted by Crippen LogP contribution is 2.27. The standard InChI is InChI=1S/C10H13IN2O2/c1-2-15-10(14)6-3-4-8-7(5-6)9(11)13-12-8/h6H,2-5H2,1H3,(H,12,13). The highest BCUT2D eigenvalue weighted by Gasteiger charge is 2.28. The summed E-state index contributed by atoms with van der Waals surface area (Å²) in [6, 6.07) is 0. The van der Waals surface area contributed by atoms with Gasteiger partial charge in [-0.25, -0.2) is 0 Å². The van der Waals surface area contributed by atoms with Crippen molar-refractivity contribution in [3.63, 3.8) is 0 Å². The van der Waals surface area contributed by atoms with E-state index in [0.717, 1.165) is 23.0 Å². The molecule has 1 N–H and O–H groups in total. The first-order valence-electron chi connectivity index (χ1n) is 5.10. The molecule has 1 aromatic heterocycles. The topological polar surface area (TPSA) is 55.0 Å². The van der Waals surface area contributed by atoms with Crippen molar-refractivity contribution in [1.29, 1.82) is 0 Å². The number of aryl methyl sites for hydroxylation is 1. The lowest BCUT2D eigenvalue weighted by atomic mass is 9.88. The predicted octanol–water partition coefficient (Wildman–Crippen LogP) is 1.68. The van der Waals surface area contributed by atoms with Gasteiger partial charge >= 0.3 is 5.97 Å². The lowest BCUT2D eigenvalue weighted by molar-refractivity contribution is -0.148. The van der Waals surface area contributed by atoms with Gasteiger partial charge in [0.1, 0.15) is 3.70 Å². The van der Waals surface area contributed by atoms with Gasteiger partial charge in [-0.1, -0.05) is 0 Å². The number of hydrogen-bond acceptors (Lipinski definition) is 3. The summed E-state index contributed by atoms with van der Waals surface area (Å²) in [6.07, 6.45) is 2.53. The van der Waals surface area contributed by atoms with Crippen molar-refractivity contribution in [3.05, 3.63) is 15.0 Å². The molecule has 1 unspecified atom stereocenters. The molecule has 0 saturated carbocycles. The van der Waals surface area contributed by atoms with Crippen LogP contribution in [0.5, 0.6) is 0 Å². The smallest absolute Gasteiger partial charge is 0.309 e. The zero-order valence-electron chi connectivity index (χ0n) is 8.55. The molecule has 1 aliphatic carbocycles. The Morgan fingerprint density at radius 2 is 2.53 bits per heavy atom. The molecular formula is C10H13IN2O2. The molecule has 1 heterocycles. The number of carbonyl (C=O) groups is 1.